The standard InChI is InChI=1S/C21H18ClF3N8O.ClH/c1-26-20(34)13-3-2-11(6-15(13)22)30-18-19-29-9-16(32(19)5-4-28-18)14-10-33(12-7-27-8-12)31-17(14)21(23,24)25;/h2-6,9-10,12,27H,7-8H2,1H3,(H,26,34)(H,28,30);1H. The van der Waals surface area contributed by atoms with Crippen LogP contribution in [0.5, 0.6) is 0 Å². The molecule has 4 aromatic rings. The zero-order chi connectivity index (χ0) is 24.0. The van der Waals surface area contributed by atoms with E-state index in [9.17, 15) is 18.0 Å². The molecule has 35 heavy (non-hydrogen) atoms. The smallest absolute Gasteiger partial charge is 0.355 e. The Balaban J connectivity index is 0.00000289. The second-order valence-electron chi connectivity index (χ2n) is 7.69. The third kappa shape index (κ3) is 4.51. The molecule has 1 fully saturated rings. The van der Waals surface area contributed by atoms with Gasteiger partial charge in [-0.2, -0.15) is 18.3 Å². The summed E-state index contributed by atoms with van der Waals surface area (Å²) in [5, 5.41) is 12.7. The van der Waals surface area contributed by atoms with E-state index in [1.54, 1.807) is 18.2 Å². The lowest BCUT2D eigenvalue weighted by Gasteiger charge is -2.27. The van der Waals surface area contributed by atoms with Gasteiger partial charge >= 0.3 is 6.18 Å². The first-order valence-electron chi connectivity index (χ1n) is 10.2. The van der Waals surface area contributed by atoms with E-state index in [0.29, 0.717) is 35.8 Å². The van der Waals surface area contributed by atoms with Crippen molar-refractivity contribution in [3.8, 4) is 11.3 Å². The summed E-state index contributed by atoms with van der Waals surface area (Å²) in [5.74, 6) is -0.0185. The average Bonchev–Trinajstić information content (AvgIpc) is 3.37. The minimum absolute atomic E-state index is 0. The fourth-order valence-corrected chi connectivity index (χ4v) is 3.96. The van der Waals surface area contributed by atoms with Gasteiger partial charge in [0.1, 0.15) is 0 Å². The van der Waals surface area contributed by atoms with Crippen LogP contribution in [0, 0.1) is 0 Å². The maximum atomic E-state index is 13.8. The lowest BCUT2D eigenvalue weighted by Crippen LogP contribution is -2.43. The maximum absolute atomic E-state index is 13.8. The third-order valence-corrected chi connectivity index (χ3v) is 5.85. The van der Waals surface area contributed by atoms with Gasteiger partial charge in [-0.25, -0.2) is 9.97 Å². The summed E-state index contributed by atoms with van der Waals surface area (Å²) in [6.07, 6.45) is 1.13. The molecule has 1 amide bonds. The molecule has 184 valence electrons. The molecule has 0 aliphatic carbocycles. The van der Waals surface area contributed by atoms with Gasteiger partial charge in [0, 0.05) is 44.4 Å². The lowest BCUT2D eigenvalue weighted by atomic mass is 10.1. The fraction of sp³-hybridized carbons (Fsp3) is 0.238. The van der Waals surface area contributed by atoms with E-state index in [2.05, 4.69) is 31.0 Å². The molecule has 1 saturated heterocycles. The van der Waals surface area contributed by atoms with Crippen molar-refractivity contribution in [3.63, 3.8) is 0 Å². The molecule has 1 aliphatic heterocycles. The van der Waals surface area contributed by atoms with Crippen LogP contribution in [0.3, 0.4) is 0 Å². The van der Waals surface area contributed by atoms with Gasteiger partial charge < -0.3 is 16.0 Å². The van der Waals surface area contributed by atoms with Crippen molar-refractivity contribution in [1.82, 2.24) is 34.8 Å². The van der Waals surface area contributed by atoms with Crippen molar-refractivity contribution in [1.29, 1.82) is 0 Å². The SMILES string of the molecule is CNC(=O)c1ccc(Nc2nccn3c(-c4cn(C5CNC5)nc4C(F)(F)F)cnc23)cc1Cl.Cl. The average molecular weight is 527 g/mol. The molecule has 0 saturated carbocycles. The number of nitrogens with one attached hydrogen (secondary N) is 3. The number of hydrogen-bond donors (Lipinski definition) is 3. The van der Waals surface area contributed by atoms with Crippen LogP contribution < -0.4 is 16.0 Å². The van der Waals surface area contributed by atoms with Crippen molar-refractivity contribution < 1.29 is 18.0 Å². The first-order chi connectivity index (χ1) is 16.3. The second-order valence-corrected chi connectivity index (χ2v) is 8.10. The molecular weight excluding hydrogens is 508 g/mol. The summed E-state index contributed by atoms with van der Waals surface area (Å²) in [6.45, 7) is 1.12. The number of amides is 1. The minimum Gasteiger partial charge on any atom is -0.355 e. The summed E-state index contributed by atoms with van der Waals surface area (Å²) in [6, 6.07) is 4.62. The van der Waals surface area contributed by atoms with Gasteiger partial charge in [0.25, 0.3) is 5.91 Å². The molecule has 0 radical (unpaired) electrons. The molecule has 3 aromatic heterocycles. The number of fused-ring (bicyclic) bond motifs is 1. The molecule has 5 rings (SSSR count). The number of anilines is 2. The summed E-state index contributed by atoms with van der Waals surface area (Å²) in [4.78, 5) is 20.4. The van der Waals surface area contributed by atoms with Crippen molar-refractivity contribution in [2.75, 3.05) is 25.5 Å². The quantitative estimate of drug-likeness (QED) is 0.364. The number of halogens is 5. The highest BCUT2D eigenvalue weighted by Gasteiger charge is 2.39. The van der Waals surface area contributed by atoms with Crippen LogP contribution in [-0.2, 0) is 6.18 Å². The number of alkyl halides is 3. The maximum Gasteiger partial charge on any atom is 0.435 e. The first kappa shape index (κ1) is 24.8. The number of nitrogens with zero attached hydrogens (tertiary/aromatic N) is 5. The highest BCUT2D eigenvalue weighted by molar-refractivity contribution is 6.34. The van der Waals surface area contributed by atoms with Crippen LogP contribution in [0.15, 0.2) is 43.0 Å². The van der Waals surface area contributed by atoms with Crippen LogP contribution in [0.2, 0.25) is 5.02 Å². The second kappa shape index (κ2) is 9.36. The van der Waals surface area contributed by atoms with Crippen LogP contribution in [-0.4, -0.2) is 50.2 Å². The van der Waals surface area contributed by atoms with Crippen molar-refractivity contribution in [2.24, 2.45) is 0 Å². The number of imidazole rings is 1. The predicted molar refractivity (Wildman–Crippen MR) is 126 cm³/mol. The minimum atomic E-state index is -4.63. The normalized spacial score (nSPS) is 13.9. The first-order valence-corrected chi connectivity index (χ1v) is 10.6. The zero-order valence-corrected chi connectivity index (χ0v) is 19.7. The van der Waals surface area contributed by atoms with E-state index >= 15 is 0 Å². The van der Waals surface area contributed by atoms with E-state index in [4.69, 9.17) is 11.6 Å². The van der Waals surface area contributed by atoms with Gasteiger partial charge in [-0.05, 0) is 18.2 Å². The van der Waals surface area contributed by atoms with Crippen LogP contribution in [0.4, 0.5) is 24.7 Å². The van der Waals surface area contributed by atoms with E-state index in [-0.39, 0.29) is 40.6 Å². The topological polar surface area (TPSA) is 101 Å². The molecule has 9 nitrogen and oxygen atoms in total. The molecule has 3 N–H and O–H groups in total. The van der Waals surface area contributed by atoms with E-state index in [1.165, 1.54) is 40.9 Å². The van der Waals surface area contributed by atoms with Gasteiger partial charge in [0.2, 0.25) is 0 Å². The lowest BCUT2D eigenvalue weighted by molar-refractivity contribution is -0.141. The molecular formula is C21H19Cl2F3N8O. The van der Waals surface area contributed by atoms with Gasteiger partial charge in [-0.3, -0.25) is 13.9 Å². The Morgan fingerprint density at radius 3 is 2.66 bits per heavy atom. The predicted octanol–water partition coefficient (Wildman–Crippen LogP) is 3.93. The molecule has 0 spiro atoms. The molecule has 0 atom stereocenters. The number of carbonyl (C=O) groups is 1. The number of benzene rings is 1. The van der Waals surface area contributed by atoms with Crippen LogP contribution in [0.1, 0.15) is 22.1 Å². The number of carbonyl (C=O) groups excluding carboxylic acids is 1. The third-order valence-electron chi connectivity index (χ3n) is 5.54. The van der Waals surface area contributed by atoms with Gasteiger partial charge in [-0.15, -0.1) is 12.4 Å². The monoisotopic (exact) mass is 526 g/mol. The Labute approximate surface area is 208 Å². The van der Waals surface area contributed by atoms with Gasteiger partial charge in [0.05, 0.1) is 34.1 Å². The Bertz CT molecular complexity index is 1400. The molecule has 1 aliphatic rings. The van der Waals surface area contributed by atoms with Crippen molar-refractivity contribution in [3.05, 3.63) is 59.3 Å². The Hall–Kier alpha value is -3.35. The fourth-order valence-electron chi connectivity index (χ4n) is 3.69. The van der Waals surface area contributed by atoms with Gasteiger partial charge in [-0.1, -0.05) is 11.6 Å². The number of hydrogen-bond acceptors (Lipinski definition) is 6. The van der Waals surface area contributed by atoms with E-state index in [1.807, 2.05) is 0 Å². The highest BCUT2D eigenvalue weighted by atomic mass is 35.5. The molecule has 14 heteroatoms. The van der Waals surface area contributed by atoms with E-state index < -0.39 is 11.9 Å². The summed E-state index contributed by atoms with van der Waals surface area (Å²) >= 11 is 6.21. The summed E-state index contributed by atoms with van der Waals surface area (Å²) < 4.78 is 44.2. The molecule has 4 heterocycles. The highest BCUT2D eigenvalue weighted by Crippen LogP contribution is 2.37. The summed E-state index contributed by atoms with van der Waals surface area (Å²) in [5.41, 5.74) is 0.354. The molecule has 1 aromatic carbocycles. The summed E-state index contributed by atoms with van der Waals surface area (Å²) in [7, 11) is 1.50. The number of rotatable bonds is 5. The Morgan fingerprint density at radius 2 is 2.03 bits per heavy atom. The van der Waals surface area contributed by atoms with Crippen molar-refractivity contribution in [2.45, 2.75) is 12.2 Å². The van der Waals surface area contributed by atoms with Gasteiger partial charge in [0.15, 0.2) is 17.2 Å². The molecule has 0 bridgehead atoms. The Kier molecular flexibility index (Phi) is 6.62. The number of aromatic nitrogens is 5. The van der Waals surface area contributed by atoms with Crippen LogP contribution in [0.25, 0.3) is 16.9 Å². The Morgan fingerprint density at radius 1 is 1.26 bits per heavy atom. The van der Waals surface area contributed by atoms with E-state index in [0.717, 1.165) is 0 Å². The van der Waals surface area contributed by atoms with Crippen LogP contribution >= 0.6 is 24.0 Å². The zero-order valence-electron chi connectivity index (χ0n) is 18.1. The largest absolute Gasteiger partial charge is 0.435 e. The molecule has 0 unspecified atom stereocenters. The van der Waals surface area contributed by atoms with Crippen molar-refractivity contribution >= 4 is 47.1 Å².